The van der Waals surface area contributed by atoms with Crippen molar-refractivity contribution in [3.8, 4) is 0 Å². The predicted molar refractivity (Wildman–Crippen MR) is 107 cm³/mol. The van der Waals surface area contributed by atoms with E-state index in [4.69, 9.17) is 0 Å². The van der Waals surface area contributed by atoms with E-state index in [1.54, 1.807) is 0 Å². The molecular weight excluding hydrogens is 358 g/mol. The second-order valence-corrected chi connectivity index (χ2v) is 7.84. The van der Waals surface area contributed by atoms with E-state index in [2.05, 4.69) is 27.0 Å². The number of aromatic nitrogens is 3. The number of fused-ring (bicyclic) bond motifs is 1. The van der Waals surface area contributed by atoms with Crippen LogP contribution in [0.25, 0.3) is 0 Å². The molecule has 0 aliphatic carbocycles. The van der Waals surface area contributed by atoms with E-state index in [0.717, 1.165) is 22.6 Å². The van der Waals surface area contributed by atoms with E-state index in [9.17, 15) is 4.79 Å². The molecule has 2 aromatic carbocycles. The lowest BCUT2D eigenvalue weighted by Gasteiger charge is -2.32. The number of carbonyl (C=O) groups is 1. The van der Waals surface area contributed by atoms with Gasteiger partial charge in [-0.05, 0) is 38.0 Å². The van der Waals surface area contributed by atoms with Gasteiger partial charge in [-0.2, -0.15) is 0 Å². The smallest absolute Gasteiger partial charge is 0.240 e. The third kappa shape index (κ3) is 3.42. The molecule has 27 heavy (non-hydrogen) atoms. The van der Waals surface area contributed by atoms with Crippen LogP contribution in [0.3, 0.4) is 0 Å². The zero-order valence-corrected chi connectivity index (χ0v) is 16.2. The molecular formula is C20H21N5OS. The number of rotatable bonds is 3. The van der Waals surface area contributed by atoms with Gasteiger partial charge in [-0.3, -0.25) is 4.79 Å². The summed E-state index contributed by atoms with van der Waals surface area (Å²) >= 11 is 1.43. The highest BCUT2D eigenvalue weighted by Gasteiger charge is 2.37. The van der Waals surface area contributed by atoms with Crippen molar-refractivity contribution in [3.05, 3.63) is 71.0 Å². The molecule has 0 fully saturated rings. The fourth-order valence-corrected chi connectivity index (χ4v) is 4.35. The first-order valence-electron chi connectivity index (χ1n) is 8.81. The fourth-order valence-electron chi connectivity index (χ4n) is 3.23. The van der Waals surface area contributed by atoms with E-state index in [1.165, 1.54) is 17.3 Å². The van der Waals surface area contributed by atoms with Gasteiger partial charge in [0.2, 0.25) is 11.1 Å². The monoisotopic (exact) mass is 379 g/mol. The molecule has 138 valence electrons. The molecule has 1 aliphatic rings. The summed E-state index contributed by atoms with van der Waals surface area (Å²) < 4.78 is 1.85. The van der Waals surface area contributed by atoms with Gasteiger partial charge in [0.1, 0.15) is 11.1 Å². The average molecular weight is 379 g/mol. The first-order chi connectivity index (χ1) is 13.0. The summed E-state index contributed by atoms with van der Waals surface area (Å²) in [5, 5.41) is 11.7. The van der Waals surface area contributed by atoms with E-state index in [0.29, 0.717) is 5.16 Å². The second-order valence-electron chi connectivity index (χ2n) is 6.73. The van der Waals surface area contributed by atoms with Crippen LogP contribution in [0.1, 0.15) is 28.6 Å². The number of benzene rings is 2. The summed E-state index contributed by atoms with van der Waals surface area (Å²) in [4.78, 5) is 13.2. The minimum Gasteiger partial charge on any atom is -0.325 e. The Hall–Kier alpha value is -2.80. The Morgan fingerprint density at radius 2 is 1.89 bits per heavy atom. The van der Waals surface area contributed by atoms with Gasteiger partial charge in [-0.25, -0.2) is 4.68 Å². The second kappa shape index (κ2) is 7.08. The molecule has 0 unspecified atom stereocenters. The van der Waals surface area contributed by atoms with Crippen LogP contribution in [0, 0.1) is 20.8 Å². The number of nitrogens with zero attached hydrogens (tertiary/aromatic N) is 3. The highest BCUT2D eigenvalue weighted by atomic mass is 32.2. The quantitative estimate of drug-likeness (QED) is 0.727. The molecule has 0 saturated carbocycles. The molecule has 6 nitrogen and oxygen atoms in total. The molecule has 1 aliphatic heterocycles. The number of amides is 1. The van der Waals surface area contributed by atoms with Gasteiger partial charge >= 0.3 is 0 Å². The topological polar surface area (TPSA) is 71.8 Å². The lowest BCUT2D eigenvalue weighted by atomic mass is 10.0. The predicted octanol–water partition coefficient (Wildman–Crippen LogP) is 3.60. The van der Waals surface area contributed by atoms with Crippen molar-refractivity contribution in [2.75, 3.05) is 10.7 Å². The van der Waals surface area contributed by atoms with Gasteiger partial charge in [0, 0.05) is 5.69 Å². The number of hydrogen-bond acceptors (Lipinski definition) is 5. The largest absolute Gasteiger partial charge is 0.325 e. The molecule has 0 bridgehead atoms. The lowest BCUT2D eigenvalue weighted by molar-refractivity contribution is -0.116. The van der Waals surface area contributed by atoms with Crippen molar-refractivity contribution in [1.82, 2.24) is 14.9 Å². The van der Waals surface area contributed by atoms with Crippen LogP contribution in [0.15, 0.2) is 53.7 Å². The van der Waals surface area contributed by atoms with Crippen molar-refractivity contribution in [1.29, 1.82) is 0 Å². The number of thioether (sulfide) groups is 1. The van der Waals surface area contributed by atoms with Gasteiger partial charge in [-0.15, -0.1) is 10.2 Å². The molecule has 1 amide bonds. The molecule has 1 aromatic heterocycles. The van der Waals surface area contributed by atoms with Gasteiger partial charge in [0.05, 0.1) is 6.04 Å². The van der Waals surface area contributed by atoms with Crippen molar-refractivity contribution in [2.45, 2.75) is 37.2 Å². The maximum absolute atomic E-state index is 13.2. The van der Waals surface area contributed by atoms with Crippen LogP contribution in [0.5, 0.6) is 0 Å². The van der Waals surface area contributed by atoms with Crippen molar-refractivity contribution in [2.24, 2.45) is 0 Å². The maximum Gasteiger partial charge on any atom is 0.240 e. The third-order valence-electron chi connectivity index (χ3n) is 4.66. The van der Waals surface area contributed by atoms with Gasteiger partial charge in [0.15, 0.2) is 0 Å². The first-order valence-corrected chi connectivity index (χ1v) is 9.69. The molecule has 3 aromatic rings. The minimum atomic E-state index is -0.371. The van der Waals surface area contributed by atoms with Gasteiger partial charge < -0.3 is 10.7 Å². The van der Waals surface area contributed by atoms with Gasteiger partial charge in [-0.1, -0.05) is 59.8 Å². The molecule has 0 radical (unpaired) electrons. The van der Waals surface area contributed by atoms with Crippen LogP contribution < -0.4 is 10.7 Å². The number of carbonyl (C=O) groups excluding carboxylic acids is 1. The zero-order valence-electron chi connectivity index (χ0n) is 15.4. The van der Waals surface area contributed by atoms with Crippen molar-refractivity contribution < 1.29 is 4.79 Å². The lowest BCUT2D eigenvalue weighted by Crippen LogP contribution is -2.41. The third-order valence-corrected chi connectivity index (χ3v) is 5.87. The summed E-state index contributed by atoms with van der Waals surface area (Å²) in [6.45, 7) is 5.94. The summed E-state index contributed by atoms with van der Waals surface area (Å²) in [5.41, 5.74) is 7.51. The van der Waals surface area contributed by atoms with E-state index < -0.39 is 0 Å². The molecule has 2 N–H and O–H groups in total. The van der Waals surface area contributed by atoms with Crippen molar-refractivity contribution >= 4 is 23.4 Å². The molecule has 2 atom stereocenters. The fraction of sp³-hybridized carbons (Fsp3) is 0.250. The zero-order chi connectivity index (χ0) is 19.0. The van der Waals surface area contributed by atoms with Crippen molar-refractivity contribution in [3.63, 3.8) is 0 Å². The molecule has 4 rings (SSSR count). The Labute approximate surface area is 162 Å². The molecule has 0 spiro atoms. The summed E-state index contributed by atoms with van der Waals surface area (Å²) in [6, 6.07) is 15.8. The highest BCUT2D eigenvalue weighted by Crippen LogP contribution is 2.37. The van der Waals surface area contributed by atoms with Gasteiger partial charge in [0.25, 0.3) is 0 Å². The average Bonchev–Trinajstić information content (AvgIpc) is 3.04. The van der Waals surface area contributed by atoms with E-state index in [-0.39, 0.29) is 17.2 Å². The van der Waals surface area contributed by atoms with Crippen LogP contribution >= 0.6 is 11.8 Å². The molecule has 7 heteroatoms. The number of nitrogens with one attached hydrogen (secondary N) is 2. The van der Waals surface area contributed by atoms with E-state index >= 15 is 0 Å². The van der Waals surface area contributed by atoms with Crippen LogP contribution in [-0.4, -0.2) is 26.0 Å². The van der Waals surface area contributed by atoms with Crippen LogP contribution in [-0.2, 0) is 4.79 Å². The Kier molecular flexibility index (Phi) is 4.61. The number of hydrogen-bond donors (Lipinski definition) is 2. The molecule has 2 heterocycles. The van der Waals surface area contributed by atoms with Crippen LogP contribution in [0.4, 0.5) is 5.69 Å². The normalized spacial score (nSPS) is 18.5. The summed E-state index contributed by atoms with van der Waals surface area (Å²) in [7, 11) is 0. The van der Waals surface area contributed by atoms with Crippen LogP contribution in [0.2, 0.25) is 0 Å². The summed E-state index contributed by atoms with van der Waals surface area (Å²) in [5.74, 6) is 0.715. The minimum absolute atomic E-state index is 0.0554. The molecule has 0 saturated heterocycles. The number of aryl methyl sites for hydroxylation is 3. The standard InChI is InChI=1S/C20H21N5OS/c1-12-9-10-16(13(2)11-12)21-19(26)18-17(15-7-5-4-6-8-15)24-25-14(3)22-23-20(25)27-18/h4-11,17-18,24H,1-3H3,(H,21,26)/t17-,18+/m0/s1. The maximum atomic E-state index is 13.2. The Bertz CT molecular complexity index is 985. The Morgan fingerprint density at radius 1 is 1.11 bits per heavy atom. The highest BCUT2D eigenvalue weighted by molar-refractivity contribution is 8.00. The Balaban J connectivity index is 1.66. The Morgan fingerprint density at radius 3 is 2.63 bits per heavy atom. The SMILES string of the molecule is Cc1ccc(NC(=O)[C@@H]2Sc3nnc(C)n3N[C@H]2c2ccccc2)c(C)c1. The summed E-state index contributed by atoms with van der Waals surface area (Å²) in [6.07, 6.45) is 0. The number of anilines is 1. The van der Waals surface area contributed by atoms with E-state index in [1.807, 2.05) is 67.9 Å². The first kappa shape index (κ1) is 17.6.